The van der Waals surface area contributed by atoms with Crippen molar-refractivity contribution < 1.29 is 18.0 Å². The minimum Gasteiger partial charge on any atom is -0.324 e. The summed E-state index contributed by atoms with van der Waals surface area (Å²) in [5, 5.41) is 10.8. The zero-order valence-corrected chi connectivity index (χ0v) is 16.7. The molecule has 2 saturated heterocycles. The van der Waals surface area contributed by atoms with Gasteiger partial charge >= 0.3 is 12.2 Å². The fourth-order valence-electron chi connectivity index (χ4n) is 5.43. The summed E-state index contributed by atoms with van der Waals surface area (Å²) in [6, 6.07) is 0.0511. The van der Waals surface area contributed by atoms with E-state index in [1.54, 1.807) is 0 Å². The van der Waals surface area contributed by atoms with Gasteiger partial charge in [0.2, 0.25) is 0 Å². The third-order valence-corrected chi connectivity index (χ3v) is 6.74. The molecule has 2 amide bonds. The van der Waals surface area contributed by atoms with E-state index < -0.39 is 11.7 Å². The van der Waals surface area contributed by atoms with Crippen LogP contribution in [0.25, 0.3) is 0 Å². The number of urea groups is 1. The van der Waals surface area contributed by atoms with Crippen LogP contribution in [0.2, 0.25) is 0 Å². The van der Waals surface area contributed by atoms with E-state index in [4.69, 9.17) is 0 Å². The molecule has 1 saturated carbocycles. The van der Waals surface area contributed by atoms with Crippen LogP contribution in [0.4, 0.5) is 18.0 Å². The highest BCUT2D eigenvalue weighted by Crippen LogP contribution is 2.53. The molecule has 5 rings (SSSR count). The molecule has 0 radical (unpaired) electrons. The Labute approximate surface area is 171 Å². The van der Waals surface area contributed by atoms with Gasteiger partial charge in [0.25, 0.3) is 0 Å². The number of hydrogen-bond donors (Lipinski definition) is 1. The zero-order valence-electron chi connectivity index (χ0n) is 16.7. The first kappa shape index (κ1) is 19.4. The van der Waals surface area contributed by atoms with E-state index >= 15 is 0 Å². The molecule has 1 N–H and O–H groups in total. The van der Waals surface area contributed by atoms with E-state index in [2.05, 4.69) is 20.3 Å². The van der Waals surface area contributed by atoms with Crippen LogP contribution in [-0.2, 0) is 19.6 Å². The van der Waals surface area contributed by atoms with Gasteiger partial charge in [-0.25, -0.2) is 9.78 Å². The van der Waals surface area contributed by atoms with Crippen LogP contribution < -0.4 is 0 Å². The van der Waals surface area contributed by atoms with Gasteiger partial charge in [0.1, 0.15) is 12.2 Å². The average molecular weight is 423 g/mol. The van der Waals surface area contributed by atoms with E-state index in [1.165, 1.54) is 18.1 Å². The Hall–Kier alpha value is -2.59. The van der Waals surface area contributed by atoms with Gasteiger partial charge in [-0.3, -0.25) is 9.78 Å². The van der Waals surface area contributed by atoms with Crippen LogP contribution >= 0.6 is 0 Å². The number of hydrogen-bond acceptors (Lipinski definition) is 4. The Kier molecular flexibility index (Phi) is 4.33. The van der Waals surface area contributed by atoms with E-state index in [0.717, 1.165) is 31.3 Å². The second-order valence-corrected chi connectivity index (χ2v) is 9.08. The van der Waals surface area contributed by atoms with Gasteiger partial charge < -0.3 is 9.80 Å². The molecule has 0 unspecified atom stereocenters. The highest BCUT2D eigenvalue weighted by Gasteiger charge is 2.54. The van der Waals surface area contributed by atoms with Crippen molar-refractivity contribution in [1.29, 1.82) is 0 Å². The molecule has 3 fully saturated rings. The average Bonchev–Trinajstić information content (AvgIpc) is 3.34. The van der Waals surface area contributed by atoms with Gasteiger partial charge in [-0.15, -0.1) is 0 Å². The molecule has 2 aromatic heterocycles. The van der Waals surface area contributed by atoms with Crippen LogP contribution in [-0.4, -0.2) is 67.0 Å². The van der Waals surface area contributed by atoms with Gasteiger partial charge in [0.05, 0.1) is 11.3 Å². The number of nitrogens with one attached hydrogen (secondary N) is 1. The Morgan fingerprint density at radius 3 is 2.73 bits per heavy atom. The summed E-state index contributed by atoms with van der Waals surface area (Å²) in [7, 11) is 1.52. The largest absolute Gasteiger partial charge is 0.419 e. The van der Waals surface area contributed by atoms with Gasteiger partial charge in [0, 0.05) is 50.8 Å². The fraction of sp³-hybridized carbons (Fsp3) is 0.684. The summed E-state index contributed by atoms with van der Waals surface area (Å²) in [5.41, 5.74) is -0.420. The monoisotopic (exact) mass is 423 g/mol. The molecule has 0 bridgehead atoms. The summed E-state index contributed by atoms with van der Waals surface area (Å²) in [6.07, 6.45) is 1.08. The molecule has 2 aromatic rings. The molecule has 1 aliphatic carbocycles. The Morgan fingerprint density at radius 2 is 2.07 bits per heavy atom. The van der Waals surface area contributed by atoms with Crippen LogP contribution in [0, 0.1) is 11.3 Å². The molecule has 2 aliphatic heterocycles. The SMILES string of the molecule is Cn1cc(C(F)(F)F)c(CC2CC3(C2)CN(C(=O)N2CC[C@H](c4ncn[nH]4)C2)C3)n1. The summed E-state index contributed by atoms with van der Waals surface area (Å²) < 4.78 is 40.7. The number of amides is 2. The Balaban J connectivity index is 1.11. The van der Waals surface area contributed by atoms with E-state index in [1.807, 2.05) is 9.80 Å². The number of alkyl halides is 3. The number of aromatic nitrogens is 5. The van der Waals surface area contributed by atoms with Gasteiger partial charge in [0.15, 0.2) is 0 Å². The predicted molar refractivity (Wildman–Crippen MR) is 99.4 cm³/mol. The molecular formula is C19H24F3N7O. The normalized spacial score (nSPS) is 23.7. The number of aromatic amines is 1. The number of likely N-dealkylation sites (tertiary alicyclic amines) is 2. The van der Waals surface area contributed by atoms with E-state index in [0.29, 0.717) is 32.6 Å². The third kappa shape index (κ3) is 3.33. The lowest BCUT2D eigenvalue weighted by molar-refractivity contribution is -0.138. The molecule has 30 heavy (non-hydrogen) atoms. The molecule has 1 atom stereocenters. The predicted octanol–water partition coefficient (Wildman–Crippen LogP) is 2.42. The summed E-state index contributed by atoms with van der Waals surface area (Å²) in [6.45, 7) is 2.73. The van der Waals surface area contributed by atoms with Crippen molar-refractivity contribution in [3.05, 3.63) is 29.6 Å². The highest BCUT2D eigenvalue weighted by atomic mass is 19.4. The van der Waals surface area contributed by atoms with Gasteiger partial charge in [-0.05, 0) is 31.6 Å². The maximum atomic E-state index is 13.2. The van der Waals surface area contributed by atoms with Crippen LogP contribution in [0.3, 0.4) is 0 Å². The van der Waals surface area contributed by atoms with E-state index in [9.17, 15) is 18.0 Å². The minimum atomic E-state index is -4.37. The van der Waals surface area contributed by atoms with Crippen LogP contribution in [0.15, 0.2) is 12.5 Å². The van der Waals surface area contributed by atoms with Crippen LogP contribution in [0.5, 0.6) is 0 Å². The topological polar surface area (TPSA) is 82.9 Å². The number of carbonyl (C=O) groups is 1. The maximum absolute atomic E-state index is 13.2. The fourth-order valence-corrected chi connectivity index (χ4v) is 5.43. The van der Waals surface area contributed by atoms with Crippen molar-refractivity contribution in [2.75, 3.05) is 26.2 Å². The molecule has 4 heterocycles. The number of halogens is 3. The van der Waals surface area contributed by atoms with Crippen LogP contribution in [0.1, 0.15) is 42.3 Å². The second kappa shape index (κ2) is 6.71. The molecule has 1 spiro atoms. The summed E-state index contributed by atoms with van der Waals surface area (Å²) in [5.74, 6) is 1.21. The highest BCUT2D eigenvalue weighted by molar-refractivity contribution is 5.76. The number of H-pyrrole nitrogens is 1. The Bertz CT molecular complexity index is 925. The first-order valence-electron chi connectivity index (χ1n) is 10.2. The first-order chi connectivity index (χ1) is 14.2. The molecular weight excluding hydrogens is 399 g/mol. The summed E-state index contributed by atoms with van der Waals surface area (Å²) in [4.78, 5) is 20.7. The Morgan fingerprint density at radius 1 is 1.30 bits per heavy atom. The number of rotatable bonds is 3. The second-order valence-electron chi connectivity index (χ2n) is 9.08. The first-order valence-corrected chi connectivity index (χ1v) is 10.2. The molecule has 162 valence electrons. The maximum Gasteiger partial charge on any atom is 0.419 e. The van der Waals surface area contributed by atoms with Crippen molar-refractivity contribution in [1.82, 2.24) is 34.8 Å². The van der Waals surface area contributed by atoms with E-state index in [-0.39, 0.29) is 29.0 Å². The van der Waals surface area contributed by atoms with Crippen molar-refractivity contribution in [3.8, 4) is 0 Å². The number of carbonyl (C=O) groups excluding carboxylic acids is 1. The molecule has 8 nitrogen and oxygen atoms in total. The number of aryl methyl sites for hydroxylation is 1. The van der Waals surface area contributed by atoms with Crippen molar-refractivity contribution in [2.24, 2.45) is 18.4 Å². The number of nitrogens with zero attached hydrogens (tertiary/aromatic N) is 6. The summed E-state index contributed by atoms with van der Waals surface area (Å²) >= 11 is 0. The molecule has 3 aliphatic rings. The minimum absolute atomic E-state index is 0.0511. The third-order valence-electron chi connectivity index (χ3n) is 6.74. The van der Waals surface area contributed by atoms with Gasteiger partial charge in [-0.1, -0.05) is 0 Å². The lowest BCUT2D eigenvalue weighted by atomic mass is 9.57. The lowest BCUT2D eigenvalue weighted by Gasteiger charge is -2.59. The van der Waals surface area contributed by atoms with Crippen molar-refractivity contribution >= 4 is 6.03 Å². The molecule has 11 heteroatoms. The zero-order chi connectivity index (χ0) is 21.1. The van der Waals surface area contributed by atoms with Gasteiger partial charge in [-0.2, -0.15) is 23.4 Å². The smallest absolute Gasteiger partial charge is 0.324 e. The lowest BCUT2D eigenvalue weighted by Crippen LogP contribution is -2.65. The van der Waals surface area contributed by atoms with Crippen molar-refractivity contribution in [2.45, 2.75) is 37.8 Å². The quantitative estimate of drug-likeness (QED) is 0.822. The van der Waals surface area contributed by atoms with Crippen molar-refractivity contribution in [3.63, 3.8) is 0 Å². The molecule has 0 aromatic carbocycles. The standard InChI is InChI=1S/C19H24F3N7O/c1-27-8-14(19(20,21)22)15(26-27)4-12-5-18(6-12)9-29(10-18)17(30)28-3-2-13(7-28)16-23-11-24-25-16/h8,11-13H,2-7,9-10H2,1H3,(H,23,24,25)/t13-/m0/s1.